The number of hydrogen-bond donors (Lipinski definition) is 0. The van der Waals surface area contributed by atoms with Gasteiger partial charge in [-0.15, -0.1) is 11.6 Å². The van der Waals surface area contributed by atoms with Gasteiger partial charge in [0.2, 0.25) is 0 Å². The number of aryl methyl sites for hydroxylation is 3. The van der Waals surface area contributed by atoms with E-state index >= 15 is 0 Å². The zero-order valence-electron chi connectivity index (χ0n) is 12.3. The van der Waals surface area contributed by atoms with Crippen molar-refractivity contribution in [1.82, 2.24) is 14.5 Å². The predicted octanol–water partition coefficient (Wildman–Crippen LogP) is 3.22. The monoisotopic (exact) mass is 297 g/mol. The Bertz CT molecular complexity index is 592. The van der Waals surface area contributed by atoms with Crippen LogP contribution >= 0.6 is 11.6 Å². The van der Waals surface area contributed by atoms with E-state index in [1.807, 2.05) is 6.07 Å². The van der Waals surface area contributed by atoms with Crippen LogP contribution in [-0.4, -0.2) is 41.0 Å². The van der Waals surface area contributed by atoms with Crippen molar-refractivity contribution in [2.75, 3.05) is 26.5 Å². The maximum absolute atomic E-state index is 13.7. The van der Waals surface area contributed by atoms with Crippen molar-refractivity contribution in [2.45, 2.75) is 26.3 Å². The van der Waals surface area contributed by atoms with Crippen molar-refractivity contribution in [3.8, 4) is 0 Å². The molecule has 0 N–H and O–H groups in total. The molecule has 0 atom stereocenters. The van der Waals surface area contributed by atoms with Crippen LogP contribution in [0.2, 0.25) is 0 Å². The number of hydrogen-bond acceptors (Lipinski definition) is 2. The van der Waals surface area contributed by atoms with Crippen molar-refractivity contribution in [3.63, 3.8) is 0 Å². The first-order valence-electron chi connectivity index (χ1n) is 6.89. The van der Waals surface area contributed by atoms with Gasteiger partial charge in [0.15, 0.2) is 0 Å². The highest BCUT2D eigenvalue weighted by Gasteiger charge is 2.12. The molecule has 2 rings (SSSR count). The Morgan fingerprint density at radius 1 is 1.35 bits per heavy atom. The molecule has 0 unspecified atom stereocenters. The Balaban J connectivity index is 2.37. The first kappa shape index (κ1) is 15.3. The summed E-state index contributed by atoms with van der Waals surface area (Å²) in [6.07, 6.45) is 1.74. The summed E-state index contributed by atoms with van der Waals surface area (Å²) >= 11 is 5.85. The topological polar surface area (TPSA) is 21.1 Å². The van der Waals surface area contributed by atoms with E-state index in [1.165, 1.54) is 6.07 Å². The molecular weight excluding hydrogens is 277 g/mol. The molecule has 110 valence electrons. The van der Waals surface area contributed by atoms with E-state index in [1.54, 1.807) is 6.92 Å². The fourth-order valence-electron chi connectivity index (χ4n) is 2.37. The van der Waals surface area contributed by atoms with E-state index < -0.39 is 0 Å². The second-order valence-corrected chi connectivity index (χ2v) is 5.74. The van der Waals surface area contributed by atoms with Gasteiger partial charge in [0.1, 0.15) is 11.6 Å². The summed E-state index contributed by atoms with van der Waals surface area (Å²) < 4.78 is 15.8. The summed E-state index contributed by atoms with van der Waals surface area (Å²) in [5.41, 5.74) is 2.38. The van der Waals surface area contributed by atoms with Crippen LogP contribution in [0, 0.1) is 12.7 Å². The van der Waals surface area contributed by atoms with Crippen LogP contribution in [-0.2, 0) is 13.0 Å². The molecule has 5 heteroatoms. The first-order valence-corrected chi connectivity index (χ1v) is 7.42. The summed E-state index contributed by atoms with van der Waals surface area (Å²) in [5.74, 6) is 1.27. The number of fused-ring (bicyclic) bond motifs is 1. The summed E-state index contributed by atoms with van der Waals surface area (Å²) in [4.78, 5) is 6.69. The second kappa shape index (κ2) is 6.55. The van der Waals surface area contributed by atoms with Crippen LogP contribution in [0.25, 0.3) is 11.0 Å². The molecule has 2 aromatic rings. The van der Waals surface area contributed by atoms with Crippen molar-refractivity contribution < 1.29 is 4.39 Å². The summed E-state index contributed by atoms with van der Waals surface area (Å²) in [6.45, 7) is 3.68. The quantitative estimate of drug-likeness (QED) is 0.763. The Kier molecular flexibility index (Phi) is 5.00. The zero-order valence-corrected chi connectivity index (χ0v) is 13.0. The van der Waals surface area contributed by atoms with Crippen molar-refractivity contribution >= 4 is 22.6 Å². The minimum atomic E-state index is -0.201. The third kappa shape index (κ3) is 3.30. The van der Waals surface area contributed by atoms with Crippen LogP contribution in [0.15, 0.2) is 12.1 Å². The highest BCUT2D eigenvalue weighted by atomic mass is 35.5. The van der Waals surface area contributed by atoms with E-state index in [0.29, 0.717) is 17.9 Å². The normalized spacial score (nSPS) is 11.7. The standard InChI is InChI=1S/C15H21ClFN3/c1-11-9-14-13(10-12(11)17)18-15(5-6-16)20(14)8-4-7-19(2)3/h9-10H,4-8H2,1-3H3. The SMILES string of the molecule is Cc1cc2c(cc1F)nc(CCCl)n2CCCN(C)C. The summed E-state index contributed by atoms with van der Waals surface area (Å²) in [7, 11) is 4.12. The van der Waals surface area contributed by atoms with Gasteiger partial charge in [0.25, 0.3) is 0 Å². The van der Waals surface area contributed by atoms with E-state index in [9.17, 15) is 4.39 Å². The molecule has 3 nitrogen and oxygen atoms in total. The van der Waals surface area contributed by atoms with Gasteiger partial charge >= 0.3 is 0 Å². The fourth-order valence-corrected chi connectivity index (χ4v) is 2.54. The Morgan fingerprint density at radius 2 is 2.10 bits per heavy atom. The average molecular weight is 298 g/mol. The molecule has 0 bridgehead atoms. The van der Waals surface area contributed by atoms with E-state index in [0.717, 1.165) is 36.4 Å². The lowest BCUT2D eigenvalue weighted by Crippen LogP contribution is -2.16. The van der Waals surface area contributed by atoms with Gasteiger partial charge in [-0.05, 0) is 45.6 Å². The molecule has 0 saturated heterocycles. The van der Waals surface area contributed by atoms with Gasteiger partial charge in [0.05, 0.1) is 11.0 Å². The molecule has 0 spiro atoms. The molecule has 20 heavy (non-hydrogen) atoms. The van der Waals surface area contributed by atoms with Crippen molar-refractivity contribution in [2.24, 2.45) is 0 Å². The summed E-state index contributed by atoms with van der Waals surface area (Å²) in [6, 6.07) is 3.40. The van der Waals surface area contributed by atoms with Gasteiger partial charge in [-0.25, -0.2) is 9.37 Å². The lowest BCUT2D eigenvalue weighted by atomic mass is 10.2. The van der Waals surface area contributed by atoms with Crippen LogP contribution in [0.3, 0.4) is 0 Å². The number of aromatic nitrogens is 2. The van der Waals surface area contributed by atoms with Gasteiger partial charge in [0, 0.05) is 24.9 Å². The minimum absolute atomic E-state index is 0.201. The third-order valence-corrected chi connectivity index (χ3v) is 3.60. The Hall–Kier alpha value is -1.13. The third-order valence-electron chi connectivity index (χ3n) is 3.41. The largest absolute Gasteiger partial charge is 0.328 e. The lowest BCUT2D eigenvalue weighted by molar-refractivity contribution is 0.386. The minimum Gasteiger partial charge on any atom is -0.328 e. The fraction of sp³-hybridized carbons (Fsp3) is 0.533. The highest BCUT2D eigenvalue weighted by Crippen LogP contribution is 2.21. The molecule has 0 amide bonds. The highest BCUT2D eigenvalue weighted by molar-refractivity contribution is 6.17. The average Bonchev–Trinajstić information content (AvgIpc) is 2.68. The van der Waals surface area contributed by atoms with Crippen LogP contribution in [0.4, 0.5) is 4.39 Å². The molecule has 0 aliphatic carbocycles. The van der Waals surface area contributed by atoms with Crippen LogP contribution in [0.5, 0.6) is 0 Å². The predicted molar refractivity (Wildman–Crippen MR) is 82.0 cm³/mol. The lowest BCUT2D eigenvalue weighted by Gasteiger charge is -2.12. The van der Waals surface area contributed by atoms with Gasteiger partial charge in [-0.2, -0.15) is 0 Å². The van der Waals surface area contributed by atoms with Gasteiger partial charge in [-0.3, -0.25) is 0 Å². The molecule has 0 aliphatic heterocycles. The number of halogens is 2. The first-order chi connectivity index (χ1) is 9.52. The number of benzene rings is 1. The molecular formula is C15H21ClFN3. The van der Waals surface area contributed by atoms with E-state index in [-0.39, 0.29) is 5.82 Å². The maximum atomic E-state index is 13.7. The maximum Gasteiger partial charge on any atom is 0.128 e. The van der Waals surface area contributed by atoms with Crippen molar-refractivity contribution in [1.29, 1.82) is 0 Å². The molecule has 0 fully saturated rings. The molecule has 0 radical (unpaired) electrons. The molecule has 0 aliphatic rings. The van der Waals surface area contributed by atoms with Gasteiger partial charge in [-0.1, -0.05) is 0 Å². The number of nitrogens with zero attached hydrogens (tertiary/aromatic N) is 3. The summed E-state index contributed by atoms with van der Waals surface area (Å²) in [5, 5.41) is 0. The second-order valence-electron chi connectivity index (χ2n) is 5.37. The molecule has 0 saturated carbocycles. The number of imidazole rings is 1. The smallest absolute Gasteiger partial charge is 0.128 e. The molecule has 1 aromatic carbocycles. The van der Waals surface area contributed by atoms with E-state index in [2.05, 4.69) is 28.5 Å². The molecule has 1 heterocycles. The zero-order chi connectivity index (χ0) is 14.7. The molecule has 1 aromatic heterocycles. The van der Waals surface area contributed by atoms with Crippen molar-refractivity contribution in [3.05, 3.63) is 29.3 Å². The van der Waals surface area contributed by atoms with Crippen LogP contribution < -0.4 is 0 Å². The Labute approximate surface area is 124 Å². The number of alkyl halides is 1. The van der Waals surface area contributed by atoms with E-state index in [4.69, 9.17) is 11.6 Å². The van der Waals surface area contributed by atoms with Crippen LogP contribution in [0.1, 0.15) is 17.8 Å². The van der Waals surface area contributed by atoms with Gasteiger partial charge < -0.3 is 9.47 Å². The number of rotatable bonds is 6. The Morgan fingerprint density at radius 3 is 2.75 bits per heavy atom.